The number of carbonyl (C=O) groups excluding carboxylic acids is 1. The molecule has 3 aromatic rings. The van der Waals surface area contributed by atoms with E-state index in [-0.39, 0.29) is 5.91 Å². The molecular weight excluding hydrogens is 390 g/mol. The van der Waals surface area contributed by atoms with Crippen molar-refractivity contribution in [3.63, 3.8) is 0 Å². The Balaban J connectivity index is 1.73. The maximum absolute atomic E-state index is 13.0. The number of rotatable bonds is 3. The number of likely N-dealkylation sites (tertiary alicyclic amines) is 1. The Kier molecular flexibility index (Phi) is 5.07. The molecule has 0 bridgehead atoms. The Hall–Kier alpha value is -2.14. The first-order chi connectivity index (χ1) is 12.7. The Morgan fingerprint density at radius 1 is 1.00 bits per heavy atom. The molecule has 0 N–H and O–H groups in total. The van der Waals surface area contributed by atoms with Crippen LogP contribution < -0.4 is 0 Å². The first-order valence-electron chi connectivity index (χ1n) is 9.21. The monoisotopic (exact) mass is 411 g/mol. The topological polar surface area (TPSA) is 38.1 Å². The molecule has 5 heteroatoms. The van der Waals surface area contributed by atoms with Gasteiger partial charge in [-0.05, 0) is 37.1 Å². The largest absolute Gasteiger partial charge is 0.341 e. The third-order valence-corrected chi connectivity index (χ3v) is 5.48. The molecule has 134 valence electrons. The fraction of sp³-hybridized carbons (Fsp3) is 0.333. The van der Waals surface area contributed by atoms with E-state index in [1.165, 1.54) is 12.8 Å². The van der Waals surface area contributed by atoms with Gasteiger partial charge in [0.15, 0.2) is 0 Å². The van der Waals surface area contributed by atoms with E-state index >= 15 is 0 Å². The maximum atomic E-state index is 13.0. The van der Waals surface area contributed by atoms with Gasteiger partial charge in [0, 0.05) is 23.1 Å². The van der Waals surface area contributed by atoms with Crippen LogP contribution in [0.2, 0.25) is 0 Å². The number of para-hydroxylation sites is 2. The molecule has 26 heavy (non-hydrogen) atoms. The second-order valence-electron chi connectivity index (χ2n) is 6.82. The summed E-state index contributed by atoms with van der Waals surface area (Å²) in [5, 5.41) is 0. The van der Waals surface area contributed by atoms with Crippen LogP contribution in [0.15, 0.2) is 53.0 Å². The highest BCUT2D eigenvalue weighted by Crippen LogP contribution is 2.27. The Bertz CT molecular complexity index is 926. The number of amides is 1. The van der Waals surface area contributed by atoms with Gasteiger partial charge in [-0.15, -0.1) is 0 Å². The number of nitrogens with zero attached hydrogens (tertiary/aromatic N) is 3. The standard InChI is InChI=1S/C21H22BrN3O/c22-17-9-7-8-16(14-17)21-23-18-10-3-4-11-19(18)25(21)15-20(26)24-12-5-1-2-6-13-24/h3-4,7-11,14H,1-2,5-6,12-13,15H2. The molecule has 1 aliphatic heterocycles. The number of benzene rings is 2. The Morgan fingerprint density at radius 3 is 2.54 bits per heavy atom. The average molecular weight is 412 g/mol. The normalized spacial score (nSPS) is 15.2. The molecule has 0 unspecified atom stereocenters. The van der Waals surface area contributed by atoms with Crippen molar-refractivity contribution in [1.82, 2.24) is 14.5 Å². The van der Waals surface area contributed by atoms with E-state index in [0.717, 1.165) is 52.8 Å². The molecule has 1 fully saturated rings. The third kappa shape index (κ3) is 3.54. The zero-order valence-corrected chi connectivity index (χ0v) is 16.3. The van der Waals surface area contributed by atoms with Crippen LogP contribution >= 0.6 is 15.9 Å². The predicted octanol–water partition coefficient (Wildman–Crippen LogP) is 4.87. The zero-order chi connectivity index (χ0) is 17.9. The van der Waals surface area contributed by atoms with Crippen LogP contribution in [-0.4, -0.2) is 33.4 Å². The van der Waals surface area contributed by atoms with Gasteiger partial charge in [-0.3, -0.25) is 4.79 Å². The van der Waals surface area contributed by atoms with Crippen molar-refractivity contribution >= 4 is 32.9 Å². The lowest BCUT2D eigenvalue weighted by molar-refractivity contribution is -0.131. The number of imidazole rings is 1. The first-order valence-corrected chi connectivity index (χ1v) is 10.0. The van der Waals surface area contributed by atoms with Gasteiger partial charge in [0.1, 0.15) is 12.4 Å². The molecule has 0 spiro atoms. The van der Waals surface area contributed by atoms with Crippen LogP contribution in [0.1, 0.15) is 25.7 Å². The van der Waals surface area contributed by atoms with Crippen molar-refractivity contribution in [1.29, 1.82) is 0 Å². The van der Waals surface area contributed by atoms with Gasteiger partial charge >= 0.3 is 0 Å². The number of carbonyl (C=O) groups is 1. The van der Waals surface area contributed by atoms with Crippen molar-refractivity contribution in [2.75, 3.05) is 13.1 Å². The van der Waals surface area contributed by atoms with Crippen molar-refractivity contribution in [3.8, 4) is 11.4 Å². The van der Waals surface area contributed by atoms with Gasteiger partial charge in [0.2, 0.25) is 5.91 Å². The summed E-state index contributed by atoms with van der Waals surface area (Å²) in [5.41, 5.74) is 2.94. The Morgan fingerprint density at radius 2 is 1.77 bits per heavy atom. The number of aromatic nitrogens is 2. The van der Waals surface area contributed by atoms with Gasteiger partial charge in [-0.1, -0.05) is 53.0 Å². The van der Waals surface area contributed by atoms with Gasteiger partial charge < -0.3 is 9.47 Å². The molecule has 0 aliphatic carbocycles. The molecule has 1 aromatic heterocycles. The van der Waals surface area contributed by atoms with E-state index in [9.17, 15) is 4.79 Å². The lowest BCUT2D eigenvalue weighted by atomic mass is 10.2. The summed E-state index contributed by atoms with van der Waals surface area (Å²) in [4.78, 5) is 19.8. The number of hydrogen-bond acceptors (Lipinski definition) is 2. The van der Waals surface area contributed by atoms with Gasteiger partial charge in [-0.2, -0.15) is 0 Å². The number of hydrogen-bond donors (Lipinski definition) is 0. The van der Waals surface area contributed by atoms with E-state index in [2.05, 4.69) is 20.5 Å². The summed E-state index contributed by atoms with van der Waals surface area (Å²) in [6.45, 7) is 2.08. The smallest absolute Gasteiger partial charge is 0.242 e. The van der Waals surface area contributed by atoms with Crippen LogP contribution in [-0.2, 0) is 11.3 Å². The minimum atomic E-state index is 0.186. The summed E-state index contributed by atoms with van der Waals surface area (Å²) < 4.78 is 3.07. The quantitative estimate of drug-likeness (QED) is 0.616. The molecule has 0 atom stereocenters. The van der Waals surface area contributed by atoms with E-state index in [1.54, 1.807) is 0 Å². The Labute approximate surface area is 162 Å². The molecule has 4 rings (SSSR count). The second kappa shape index (κ2) is 7.62. The van der Waals surface area contributed by atoms with E-state index in [1.807, 2.05) is 53.4 Å². The first kappa shape index (κ1) is 17.3. The molecule has 2 heterocycles. The molecule has 4 nitrogen and oxygen atoms in total. The molecule has 0 radical (unpaired) electrons. The van der Waals surface area contributed by atoms with Crippen molar-refractivity contribution in [2.45, 2.75) is 32.2 Å². The minimum absolute atomic E-state index is 0.186. The lowest BCUT2D eigenvalue weighted by Crippen LogP contribution is -2.34. The van der Waals surface area contributed by atoms with Crippen molar-refractivity contribution in [3.05, 3.63) is 53.0 Å². The van der Waals surface area contributed by atoms with Gasteiger partial charge in [-0.25, -0.2) is 4.98 Å². The van der Waals surface area contributed by atoms with Crippen LogP contribution in [0.5, 0.6) is 0 Å². The van der Waals surface area contributed by atoms with E-state index < -0.39 is 0 Å². The third-order valence-electron chi connectivity index (χ3n) is 4.99. The summed E-state index contributed by atoms with van der Waals surface area (Å²) in [5.74, 6) is 1.03. The highest BCUT2D eigenvalue weighted by Gasteiger charge is 2.20. The molecule has 1 aliphatic rings. The fourth-order valence-electron chi connectivity index (χ4n) is 3.64. The summed E-state index contributed by atoms with van der Waals surface area (Å²) in [6.07, 6.45) is 4.66. The molecule has 0 saturated carbocycles. The summed E-state index contributed by atoms with van der Waals surface area (Å²) in [6, 6.07) is 16.1. The molecule has 1 amide bonds. The van der Waals surface area contributed by atoms with Crippen LogP contribution in [0.3, 0.4) is 0 Å². The summed E-state index contributed by atoms with van der Waals surface area (Å²) >= 11 is 3.54. The van der Waals surface area contributed by atoms with E-state index in [0.29, 0.717) is 6.54 Å². The summed E-state index contributed by atoms with van der Waals surface area (Å²) in [7, 11) is 0. The fourth-order valence-corrected chi connectivity index (χ4v) is 4.04. The van der Waals surface area contributed by atoms with Gasteiger partial charge in [0.05, 0.1) is 11.0 Å². The van der Waals surface area contributed by atoms with E-state index in [4.69, 9.17) is 4.98 Å². The number of fused-ring (bicyclic) bond motifs is 1. The lowest BCUT2D eigenvalue weighted by Gasteiger charge is -2.21. The zero-order valence-electron chi connectivity index (χ0n) is 14.7. The average Bonchev–Trinajstić information content (AvgIpc) is 2.83. The van der Waals surface area contributed by atoms with Crippen LogP contribution in [0.4, 0.5) is 0 Å². The van der Waals surface area contributed by atoms with Crippen molar-refractivity contribution < 1.29 is 4.79 Å². The number of halogens is 1. The van der Waals surface area contributed by atoms with Crippen LogP contribution in [0.25, 0.3) is 22.4 Å². The highest BCUT2D eigenvalue weighted by molar-refractivity contribution is 9.10. The minimum Gasteiger partial charge on any atom is -0.341 e. The second-order valence-corrected chi connectivity index (χ2v) is 7.73. The van der Waals surface area contributed by atoms with Crippen molar-refractivity contribution in [2.24, 2.45) is 0 Å². The van der Waals surface area contributed by atoms with Crippen LogP contribution in [0, 0.1) is 0 Å². The SMILES string of the molecule is O=C(Cn1c(-c2cccc(Br)c2)nc2ccccc21)N1CCCCCC1. The maximum Gasteiger partial charge on any atom is 0.242 e. The molecular formula is C21H22BrN3O. The predicted molar refractivity (Wildman–Crippen MR) is 108 cm³/mol. The highest BCUT2D eigenvalue weighted by atomic mass is 79.9. The molecule has 1 saturated heterocycles. The molecule has 2 aromatic carbocycles. The van der Waals surface area contributed by atoms with Gasteiger partial charge in [0.25, 0.3) is 0 Å².